The number of carbonyl (C=O) groups excluding carboxylic acids is 3. The van der Waals surface area contributed by atoms with Crippen LogP contribution < -0.4 is 16.0 Å². The second kappa shape index (κ2) is 12.2. The van der Waals surface area contributed by atoms with E-state index in [2.05, 4.69) is 22.5 Å². The van der Waals surface area contributed by atoms with Crippen molar-refractivity contribution in [2.45, 2.75) is 52.5 Å². The Hall–Kier alpha value is -1.99. The van der Waals surface area contributed by atoms with Crippen molar-refractivity contribution in [1.82, 2.24) is 16.0 Å². The molecule has 0 aliphatic rings. The van der Waals surface area contributed by atoms with Crippen LogP contribution in [0.3, 0.4) is 0 Å². The third kappa shape index (κ3) is 13.1. The zero-order valence-corrected chi connectivity index (χ0v) is 19.9. The summed E-state index contributed by atoms with van der Waals surface area (Å²) in [5, 5.41) is 8.22. The molecule has 0 radical (unpaired) electrons. The summed E-state index contributed by atoms with van der Waals surface area (Å²) in [7, 11) is -7.77. The van der Waals surface area contributed by atoms with E-state index in [0.29, 0.717) is 6.42 Å². The average Bonchev–Trinajstić information content (AvgIpc) is 2.61. The van der Waals surface area contributed by atoms with Crippen LogP contribution in [0.15, 0.2) is 12.0 Å². The van der Waals surface area contributed by atoms with Gasteiger partial charge in [-0.25, -0.2) is 8.42 Å². The van der Waals surface area contributed by atoms with Crippen LogP contribution in [0.5, 0.6) is 0 Å². The van der Waals surface area contributed by atoms with Gasteiger partial charge < -0.3 is 16.0 Å². The highest BCUT2D eigenvalue weighted by Gasteiger charge is 2.30. The molecule has 4 N–H and O–H groups in total. The summed E-state index contributed by atoms with van der Waals surface area (Å²) in [5.74, 6) is -3.58. The summed E-state index contributed by atoms with van der Waals surface area (Å²) in [4.78, 5) is 36.4. The largest absolute Gasteiger partial charge is 0.350 e. The van der Waals surface area contributed by atoms with E-state index in [-0.39, 0.29) is 25.3 Å². The van der Waals surface area contributed by atoms with E-state index >= 15 is 0 Å². The fourth-order valence-electron chi connectivity index (χ4n) is 2.72. The Balaban J connectivity index is 4.61. The topological polar surface area (TPSA) is 176 Å². The minimum Gasteiger partial charge on any atom is -0.350 e. The van der Waals surface area contributed by atoms with Crippen molar-refractivity contribution < 1.29 is 35.8 Å². The molecule has 0 aromatic heterocycles. The summed E-state index contributed by atoms with van der Waals surface area (Å²) < 4.78 is 53.6. The van der Waals surface area contributed by atoms with E-state index in [1.54, 1.807) is 13.8 Å². The Morgan fingerprint density at radius 1 is 1.10 bits per heavy atom. The Bertz CT molecular complexity index is 866. The molecule has 0 bridgehead atoms. The lowest BCUT2D eigenvalue weighted by Gasteiger charge is -2.27. The maximum atomic E-state index is 12.4. The second-order valence-corrected chi connectivity index (χ2v) is 11.5. The standard InChI is InChI=1S/C18H33N3O8S2/c1-6-14(10-13(3)16(23)21-18(4,5)11-31(27,28)29)17(24)20-12-19-15(22)8-9-30(25,26)7-2/h7,13-14H,2,6,8-12H2,1,3-5H3,(H,19,22)(H,20,24)(H,21,23)(H,27,28,29). The molecule has 0 aliphatic carbocycles. The van der Waals surface area contributed by atoms with Gasteiger partial charge in [-0.2, -0.15) is 8.42 Å². The summed E-state index contributed by atoms with van der Waals surface area (Å²) in [6.45, 7) is 9.23. The molecule has 180 valence electrons. The molecule has 2 unspecified atom stereocenters. The van der Waals surface area contributed by atoms with Gasteiger partial charge in [-0.15, -0.1) is 0 Å². The first kappa shape index (κ1) is 29.0. The van der Waals surface area contributed by atoms with Gasteiger partial charge in [0.15, 0.2) is 9.84 Å². The van der Waals surface area contributed by atoms with Crippen LogP contribution in [0.25, 0.3) is 0 Å². The number of rotatable bonds is 14. The first-order chi connectivity index (χ1) is 14.0. The maximum absolute atomic E-state index is 12.4. The van der Waals surface area contributed by atoms with Gasteiger partial charge in [-0.3, -0.25) is 18.9 Å². The van der Waals surface area contributed by atoms with E-state index in [1.165, 1.54) is 13.8 Å². The number of hydrogen-bond donors (Lipinski definition) is 4. The fraction of sp³-hybridized carbons (Fsp3) is 0.722. The van der Waals surface area contributed by atoms with E-state index in [9.17, 15) is 31.2 Å². The number of hydrogen-bond acceptors (Lipinski definition) is 7. The lowest BCUT2D eigenvalue weighted by molar-refractivity contribution is -0.128. The van der Waals surface area contributed by atoms with E-state index < -0.39 is 60.8 Å². The van der Waals surface area contributed by atoms with Gasteiger partial charge in [-0.05, 0) is 26.7 Å². The second-order valence-electron chi connectivity index (χ2n) is 7.94. The molecule has 0 aromatic carbocycles. The van der Waals surface area contributed by atoms with Crippen LogP contribution in [0.4, 0.5) is 0 Å². The third-order valence-corrected chi connectivity index (χ3v) is 6.74. The molecular weight excluding hydrogens is 450 g/mol. The number of amides is 3. The van der Waals surface area contributed by atoms with Crippen LogP contribution in [-0.4, -0.2) is 62.8 Å². The van der Waals surface area contributed by atoms with Crippen LogP contribution in [0.2, 0.25) is 0 Å². The molecule has 0 aromatic rings. The third-order valence-electron chi connectivity index (χ3n) is 4.37. The first-order valence-corrected chi connectivity index (χ1v) is 13.0. The van der Waals surface area contributed by atoms with E-state index in [4.69, 9.17) is 4.55 Å². The highest BCUT2D eigenvalue weighted by molar-refractivity contribution is 7.94. The van der Waals surface area contributed by atoms with Crippen LogP contribution >= 0.6 is 0 Å². The molecule has 2 atom stereocenters. The molecular formula is C18H33N3O8S2. The van der Waals surface area contributed by atoms with Gasteiger partial charge >= 0.3 is 0 Å². The number of sulfone groups is 1. The molecule has 0 rings (SSSR count). The van der Waals surface area contributed by atoms with Gasteiger partial charge in [0.2, 0.25) is 17.7 Å². The zero-order chi connectivity index (χ0) is 24.5. The van der Waals surface area contributed by atoms with Crippen molar-refractivity contribution in [2.75, 3.05) is 18.2 Å². The lowest BCUT2D eigenvalue weighted by Crippen LogP contribution is -2.50. The molecule has 0 aliphatic heterocycles. The highest BCUT2D eigenvalue weighted by atomic mass is 32.2. The quantitative estimate of drug-likeness (QED) is 0.196. The Labute approximate surface area is 184 Å². The van der Waals surface area contributed by atoms with Crippen molar-refractivity contribution in [2.24, 2.45) is 11.8 Å². The molecule has 0 fully saturated rings. The summed E-state index contributed by atoms with van der Waals surface area (Å²) >= 11 is 0. The Morgan fingerprint density at radius 2 is 1.68 bits per heavy atom. The average molecular weight is 484 g/mol. The van der Waals surface area contributed by atoms with Gasteiger partial charge in [0, 0.05) is 23.7 Å². The predicted octanol–water partition coefficient (Wildman–Crippen LogP) is -0.0403. The molecule has 0 heterocycles. The molecule has 11 nitrogen and oxygen atoms in total. The smallest absolute Gasteiger partial charge is 0.267 e. The van der Waals surface area contributed by atoms with Crippen molar-refractivity contribution in [3.63, 3.8) is 0 Å². The number of nitrogens with one attached hydrogen (secondary N) is 3. The molecule has 31 heavy (non-hydrogen) atoms. The van der Waals surface area contributed by atoms with Gasteiger partial charge in [0.25, 0.3) is 10.1 Å². The Kier molecular flexibility index (Phi) is 11.4. The maximum Gasteiger partial charge on any atom is 0.267 e. The highest BCUT2D eigenvalue weighted by Crippen LogP contribution is 2.17. The normalized spacial score (nSPS) is 14.2. The first-order valence-electron chi connectivity index (χ1n) is 9.68. The van der Waals surface area contributed by atoms with Crippen molar-refractivity contribution in [3.05, 3.63) is 12.0 Å². The molecule has 13 heteroatoms. The van der Waals surface area contributed by atoms with Crippen molar-refractivity contribution >= 4 is 37.7 Å². The summed E-state index contributed by atoms with van der Waals surface area (Å²) in [6.07, 6.45) is 0.336. The lowest BCUT2D eigenvalue weighted by atomic mass is 9.91. The summed E-state index contributed by atoms with van der Waals surface area (Å²) in [6, 6.07) is 0. The van der Waals surface area contributed by atoms with Gasteiger partial charge in [-0.1, -0.05) is 20.4 Å². The van der Waals surface area contributed by atoms with Crippen molar-refractivity contribution in [1.29, 1.82) is 0 Å². The number of carbonyl (C=O) groups is 3. The SMILES string of the molecule is C=CS(=O)(=O)CCC(=O)NCNC(=O)C(CC)CC(C)C(=O)NC(C)(C)CS(=O)(=O)O. The van der Waals surface area contributed by atoms with Crippen LogP contribution in [0, 0.1) is 11.8 Å². The Morgan fingerprint density at radius 3 is 2.16 bits per heavy atom. The van der Waals surface area contributed by atoms with E-state index in [1.807, 2.05) is 0 Å². The summed E-state index contributed by atoms with van der Waals surface area (Å²) in [5.41, 5.74) is -1.19. The monoisotopic (exact) mass is 483 g/mol. The molecule has 0 spiro atoms. The zero-order valence-electron chi connectivity index (χ0n) is 18.3. The minimum absolute atomic E-state index is 0.182. The van der Waals surface area contributed by atoms with Crippen molar-refractivity contribution in [3.8, 4) is 0 Å². The van der Waals surface area contributed by atoms with Crippen LogP contribution in [-0.2, 0) is 34.3 Å². The molecule has 3 amide bonds. The van der Waals surface area contributed by atoms with Crippen LogP contribution in [0.1, 0.15) is 47.0 Å². The predicted molar refractivity (Wildman–Crippen MR) is 116 cm³/mol. The van der Waals surface area contributed by atoms with E-state index in [0.717, 1.165) is 5.41 Å². The fourth-order valence-corrected chi connectivity index (χ4v) is 4.34. The minimum atomic E-state index is -4.28. The molecule has 0 saturated heterocycles. The molecule has 0 saturated carbocycles. The van der Waals surface area contributed by atoms with Gasteiger partial charge in [0.1, 0.15) is 0 Å². The van der Waals surface area contributed by atoms with Gasteiger partial charge in [0.05, 0.1) is 23.7 Å².